The average Bonchev–Trinajstić information content (AvgIpc) is 2.92. The van der Waals surface area contributed by atoms with Gasteiger partial charge in [-0.05, 0) is 37.5 Å². The Morgan fingerprint density at radius 1 is 1.19 bits per heavy atom. The third-order valence-electron chi connectivity index (χ3n) is 5.21. The van der Waals surface area contributed by atoms with Crippen molar-refractivity contribution in [1.82, 2.24) is 5.32 Å². The second-order valence-corrected chi connectivity index (χ2v) is 8.52. The van der Waals surface area contributed by atoms with Crippen molar-refractivity contribution < 1.29 is 24.2 Å². The highest BCUT2D eigenvalue weighted by atomic mass is 32.2. The minimum Gasteiger partial charge on any atom is -0.481 e. The van der Waals surface area contributed by atoms with Gasteiger partial charge in [0.2, 0.25) is 5.91 Å². The fourth-order valence-electron chi connectivity index (χ4n) is 3.62. The van der Waals surface area contributed by atoms with Crippen LogP contribution in [0, 0.1) is 0 Å². The Labute approximate surface area is 192 Å². The third kappa shape index (κ3) is 6.34. The van der Waals surface area contributed by atoms with Crippen LogP contribution in [-0.2, 0) is 25.5 Å². The number of aliphatic carboxylic acids is 1. The van der Waals surface area contributed by atoms with Gasteiger partial charge in [-0.2, -0.15) is 0 Å². The molecule has 0 saturated heterocycles. The highest BCUT2D eigenvalue weighted by molar-refractivity contribution is 7.99. The largest absolute Gasteiger partial charge is 0.481 e. The molecule has 170 valence electrons. The maximum Gasteiger partial charge on any atom is 0.323 e. The first-order valence-corrected chi connectivity index (χ1v) is 11.7. The number of esters is 1. The summed E-state index contributed by atoms with van der Waals surface area (Å²) in [5.41, 5.74) is 1.80. The first kappa shape index (κ1) is 23.8. The van der Waals surface area contributed by atoms with E-state index in [0.717, 1.165) is 10.5 Å². The number of carboxylic acid groups (broad SMARTS) is 1. The van der Waals surface area contributed by atoms with Crippen molar-refractivity contribution in [3.05, 3.63) is 60.2 Å². The number of fused-ring (bicyclic) bond motifs is 1. The molecule has 1 unspecified atom stereocenters. The van der Waals surface area contributed by atoms with E-state index in [-0.39, 0.29) is 31.4 Å². The average molecular weight is 457 g/mol. The molecule has 7 nitrogen and oxygen atoms in total. The normalized spacial score (nSPS) is 16.7. The molecule has 0 saturated carbocycles. The van der Waals surface area contributed by atoms with Crippen LogP contribution in [0.3, 0.4) is 0 Å². The molecular formula is C24H28N2O5S. The molecule has 2 atom stereocenters. The molecule has 0 aliphatic carbocycles. The lowest BCUT2D eigenvalue weighted by Gasteiger charge is -2.27. The first-order chi connectivity index (χ1) is 15.5. The van der Waals surface area contributed by atoms with E-state index in [4.69, 9.17) is 9.84 Å². The molecule has 0 bridgehead atoms. The van der Waals surface area contributed by atoms with Crippen LogP contribution in [0.25, 0.3) is 0 Å². The Morgan fingerprint density at radius 3 is 2.62 bits per heavy atom. The number of benzene rings is 2. The number of carbonyl (C=O) groups is 3. The number of carbonyl (C=O) groups excluding carboxylic acids is 2. The van der Waals surface area contributed by atoms with Crippen LogP contribution >= 0.6 is 11.8 Å². The Kier molecular flexibility index (Phi) is 8.70. The second-order valence-electron chi connectivity index (χ2n) is 7.46. The van der Waals surface area contributed by atoms with Crippen LogP contribution in [0.1, 0.15) is 25.3 Å². The van der Waals surface area contributed by atoms with Crippen LogP contribution in [0.2, 0.25) is 0 Å². The minimum absolute atomic E-state index is 0.0675. The zero-order valence-corrected chi connectivity index (χ0v) is 18.8. The number of aryl methyl sites for hydroxylation is 1. The monoisotopic (exact) mass is 456 g/mol. The van der Waals surface area contributed by atoms with Gasteiger partial charge in [0.1, 0.15) is 6.04 Å². The van der Waals surface area contributed by atoms with E-state index < -0.39 is 18.1 Å². The van der Waals surface area contributed by atoms with Crippen molar-refractivity contribution in [3.63, 3.8) is 0 Å². The van der Waals surface area contributed by atoms with Gasteiger partial charge in [-0.1, -0.05) is 42.5 Å². The number of ether oxygens (including phenoxy) is 1. The van der Waals surface area contributed by atoms with E-state index in [1.54, 1.807) is 6.92 Å². The SMILES string of the molecule is CCOC(=O)C(CCc1ccccc1)N[C@H]1CSc2ccccc2N(CCC(=O)O)C1=O. The maximum absolute atomic E-state index is 13.4. The molecule has 2 N–H and O–H groups in total. The van der Waals surface area contributed by atoms with Crippen molar-refractivity contribution in [1.29, 1.82) is 0 Å². The van der Waals surface area contributed by atoms with E-state index in [9.17, 15) is 14.4 Å². The second kappa shape index (κ2) is 11.7. The number of hydrogen-bond acceptors (Lipinski definition) is 6. The molecule has 1 amide bonds. The van der Waals surface area contributed by atoms with Crippen molar-refractivity contribution >= 4 is 35.3 Å². The quantitative estimate of drug-likeness (QED) is 0.530. The van der Waals surface area contributed by atoms with Crippen LogP contribution in [-0.4, -0.2) is 53.9 Å². The number of nitrogens with zero attached hydrogens (tertiary/aromatic N) is 1. The van der Waals surface area contributed by atoms with Crippen LogP contribution < -0.4 is 10.2 Å². The van der Waals surface area contributed by atoms with Gasteiger partial charge in [-0.25, -0.2) is 0 Å². The summed E-state index contributed by atoms with van der Waals surface area (Å²) in [6.07, 6.45) is 0.987. The molecule has 1 aliphatic heterocycles. The molecule has 0 fully saturated rings. The summed E-state index contributed by atoms with van der Waals surface area (Å²) in [7, 11) is 0. The van der Waals surface area contributed by atoms with Gasteiger partial charge in [0, 0.05) is 17.2 Å². The fraction of sp³-hybridized carbons (Fsp3) is 0.375. The zero-order valence-electron chi connectivity index (χ0n) is 18.0. The molecule has 0 aromatic heterocycles. The van der Waals surface area contributed by atoms with Crippen LogP contribution in [0.15, 0.2) is 59.5 Å². The van der Waals surface area contributed by atoms with Crippen molar-refractivity contribution in [2.45, 2.75) is 43.2 Å². The maximum atomic E-state index is 13.4. The summed E-state index contributed by atoms with van der Waals surface area (Å²) in [5.74, 6) is -1.16. The number of anilines is 1. The number of carboxylic acids is 1. The van der Waals surface area contributed by atoms with Crippen molar-refractivity contribution in [2.75, 3.05) is 23.8 Å². The summed E-state index contributed by atoms with van der Waals surface area (Å²) >= 11 is 1.52. The molecule has 2 aromatic rings. The van der Waals surface area contributed by atoms with E-state index in [2.05, 4.69) is 5.32 Å². The van der Waals surface area contributed by atoms with E-state index in [1.807, 2.05) is 54.6 Å². The molecule has 3 rings (SSSR count). The highest BCUT2D eigenvalue weighted by Crippen LogP contribution is 2.34. The number of amides is 1. The van der Waals surface area contributed by atoms with E-state index >= 15 is 0 Å². The smallest absolute Gasteiger partial charge is 0.323 e. The number of hydrogen-bond donors (Lipinski definition) is 2. The van der Waals surface area contributed by atoms with Gasteiger partial charge >= 0.3 is 11.9 Å². The Morgan fingerprint density at radius 2 is 1.91 bits per heavy atom. The summed E-state index contributed by atoms with van der Waals surface area (Å²) in [6, 6.07) is 16.0. The van der Waals surface area contributed by atoms with Gasteiger partial charge in [0.15, 0.2) is 0 Å². The van der Waals surface area contributed by atoms with Gasteiger partial charge in [-0.3, -0.25) is 19.7 Å². The number of nitrogens with one attached hydrogen (secondary N) is 1. The summed E-state index contributed by atoms with van der Waals surface area (Å²) < 4.78 is 5.26. The van der Waals surface area contributed by atoms with Gasteiger partial charge in [0.25, 0.3) is 0 Å². The molecule has 0 spiro atoms. The molecule has 8 heteroatoms. The lowest BCUT2D eigenvalue weighted by Crippen LogP contribution is -2.53. The standard InChI is InChI=1S/C24H28N2O5S/c1-2-31-24(30)18(13-12-17-8-4-3-5-9-17)25-19-16-32-21-11-7-6-10-20(21)26(23(19)29)15-14-22(27)28/h3-11,18-19,25H,2,12-16H2,1H3,(H,27,28)/t18?,19-/m0/s1. The Bertz CT molecular complexity index is 937. The molecule has 0 radical (unpaired) electrons. The topological polar surface area (TPSA) is 95.9 Å². The predicted octanol–water partition coefficient (Wildman–Crippen LogP) is 3.12. The minimum atomic E-state index is -0.969. The van der Waals surface area contributed by atoms with Gasteiger partial charge in [0.05, 0.1) is 24.8 Å². The molecule has 32 heavy (non-hydrogen) atoms. The first-order valence-electron chi connectivity index (χ1n) is 10.7. The van der Waals surface area contributed by atoms with Crippen LogP contribution in [0.4, 0.5) is 5.69 Å². The number of thioether (sulfide) groups is 1. The summed E-state index contributed by atoms with van der Waals surface area (Å²) in [5, 5.41) is 12.4. The van der Waals surface area contributed by atoms with Crippen LogP contribution in [0.5, 0.6) is 0 Å². The number of rotatable bonds is 10. The fourth-order valence-corrected chi connectivity index (χ4v) is 4.71. The zero-order chi connectivity index (χ0) is 22.9. The lowest BCUT2D eigenvalue weighted by atomic mass is 10.0. The molecule has 2 aromatic carbocycles. The summed E-state index contributed by atoms with van der Waals surface area (Å²) in [6.45, 7) is 2.08. The van der Waals surface area contributed by atoms with E-state index in [0.29, 0.717) is 24.3 Å². The highest BCUT2D eigenvalue weighted by Gasteiger charge is 2.34. The lowest BCUT2D eigenvalue weighted by molar-refractivity contribution is -0.146. The van der Waals surface area contributed by atoms with Crippen molar-refractivity contribution in [2.24, 2.45) is 0 Å². The van der Waals surface area contributed by atoms with Crippen molar-refractivity contribution in [3.8, 4) is 0 Å². The predicted molar refractivity (Wildman–Crippen MR) is 124 cm³/mol. The number of para-hydroxylation sites is 1. The molecule has 1 heterocycles. The van der Waals surface area contributed by atoms with E-state index in [1.165, 1.54) is 16.7 Å². The Balaban J connectivity index is 1.79. The Hall–Kier alpha value is -2.84. The molecule has 1 aliphatic rings. The molecular weight excluding hydrogens is 428 g/mol. The van der Waals surface area contributed by atoms with Gasteiger partial charge in [-0.15, -0.1) is 11.8 Å². The van der Waals surface area contributed by atoms with Gasteiger partial charge < -0.3 is 14.7 Å². The summed E-state index contributed by atoms with van der Waals surface area (Å²) in [4.78, 5) is 39.7. The third-order valence-corrected chi connectivity index (χ3v) is 6.37.